The molecule has 3 aliphatic heterocycles. The number of likely N-dealkylation sites (N-methyl/N-ethyl adjacent to an activating group) is 1. The zero-order chi connectivity index (χ0) is 25.5. The molecule has 1 atom stereocenters. The van der Waals surface area contributed by atoms with Crippen LogP contribution in [0.3, 0.4) is 0 Å². The van der Waals surface area contributed by atoms with Gasteiger partial charge in [0.2, 0.25) is 0 Å². The molecule has 2 saturated heterocycles. The number of nitrogens with zero attached hydrogens (tertiary/aromatic N) is 6. The molecule has 37 heavy (non-hydrogen) atoms. The van der Waals surface area contributed by atoms with Gasteiger partial charge in [-0.2, -0.15) is 9.61 Å². The second-order valence-corrected chi connectivity index (χ2v) is 10.9. The Labute approximate surface area is 220 Å². The molecule has 0 amide bonds. The maximum atomic E-state index is 5.20. The molecule has 0 saturated carbocycles. The highest BCUT2D eigenvalue weighted by Gasteiger charge is 2.30. The van der Waals surface area contributed by atoms with Crippen molar-refractivity contribution in [3.05, 3.63) is 71.6 Å². The summed E-state index contributed by atoms with van der Waals surface area (Å²) in [7, 11) is 2.15. The Morgan fingerprint density at radius 3 is 2.65 bits per heavy atom. The number of benzene rings is 1. The summed E-state index contributed by atoms with van der Waals surface area (Å²) in [5.74, 6) is 2.14. The van der Waals surface area contributed by atoms with E-state index in [2.05, 4.69) is 77.5 Å². The van der Waals surface area contributed by atoms with E-state index < -0.39 is 0 Å². The molecule has 3 aliphatic rings. The molecule has 7 heteroatoms. The molecule has 1 aromatic carbocycles. The molecule has 6 rings (SSSR count). The van der Waals surface area contributed by atoms with Crippen LogP contribution in [-0.2, 0) is 6.42 Å². The third-order valence-corrected chi connectivity index (χ3v) is 8.27. The highest BCUT2D eigenvalue weighted by Crippen LogP contribution is 2.38. The maximum absolute atomic E-state index is 5.20. The predicted octanol–water partition coefficient (Wildman–Crippen LogP) is 4.93. The van der Waals surface area contributed by atoms with Gasteiger partial charge in [-0.05, 0) is 57.1 Å². The third-order valence-electron chi connectivity index (χ3n) is 8.27. The summed E-state index contributed by atoms with van der Waals surface area (Å²) in [5, 5.41) is 8.76. The minimum atomic E-state index is 0.200. The summed E-state index contributed by atoms with van der Waals surface area (Å²) in [6.45, 7) is 16.0. The second kappa shape index (κ2) is 9.77. The van der Waals surface area contributed by atoms with Crippen molar-refractivity contribution in [3.63, 3.8) is 0 Å². The van der Waals surface area contributed by atoms with E-state index in [1.165, 1.54) is 36.0 Å². The van der Waals surface area contributed by atoms with E-state index in [9.17, 15) is 0 Å². The third kappa shape index (κ3) is 4.56. The summed E-state index contributed by atoms with van der Waals surface area (Å²) in [6.07, 6.45) is 6.55. The summed E-state index contributed by atoms with van der Waals surface area (Å²) in [4.78, 5) is 12.2. The van der Waals surface area contributed by atoms with Gasteiger partial charge >= 0.3 is 0 Å². The number of aryl methyl sites for hydroxylation is 2. The molecule has 0 aliphatic carbocycles. The number of piperidine rings is 1. The number of anilines is 2. The van der Waals surface area contributed by atoms with Crippen molar-refractivity contribution in [1.29, 1.82) is 0 Å². The molecule has 0 spiro atoms. The van der Waals surface area contributed by atoms with Crippen LogP contribution in [0.15, 0.2) is 49.2 Å². The minimum Gasteiger partial charge on any atom is -0.387 e. The standard InChI is InChI=1S/C30H39N7/c1-21-9-11-24-12-10-22(2)31-13-17-34(4)30-20-28(35-14-7-15-35)32-29-19-26(33-37(29)30)27-8-5-6-16-36(27)23(3)25(24)18-21/h9,11,18-20,27,31H,2-3,5-8,10,12-17H2,1,4H3/t27-/m0/s1. The van der Waals surface area contributed by atoms with Gasteiger partial charge in [0.25, 0.3) is 0 Å². The van der Waals surface area contributed by atoms with E-state index >= 15 is 0 Å². The SMILES string of the molecule is C=C1CCc2ccc(C)cc2C(=C)N2CCCC[C@H]2c2cc3nc(N4CCC4)cc(n3n2)N(C)CCN1. The van der Waals surface area contributed by atoms with Crippen molar-refractivity contribution in [2.24, 2.45) is 0 Å². The number of hydrogen-bond donors (Lipinski definition) is 1. The quantitative estimate of drug-likeness (QED) is 0.515. The van der Waals surface area contributed by atoms with Gasteiger partial charge in [-0.25, -0.2) is 4.98 Å². The zero-order valence-electron chi connectivity index (χ0n) is 22.3. The first-order valence-electron chi connectivity index (χ1n) is 13.8. The van der Waals surface area contributed by atoms with Crippen molar-refractivity contribution in [3.8, 4) is 0 Å². The molecule has 0 unspecified atom stereocenters. The fraction of sp³-hybridized carbons (Fsp3) is 0.467. The van der Waals surface area contributed by atoms with Crippen LogP contribution >= 0.6 is 0 Å². The summed E-state index contributed by atoms with van der Waals surface area (Å²) >= 11 is 0. The molecule has 3 aromatic rings. The Hall–Kier alpha value is -3.48. The van der Waals surface area contributed by atoms with Crippen molar-refractivity contribution < 1.29 is 0 Å². The molecular weight excluding hydrogens is 458 g/mol. The Morgan fingerprint density at radius 2 is 1.84 bits per heavy atom. The van der Waals surface area contributed by atoms with Crippen molar-refractivity contribution in [2.45, 2.75) is 51.5 Å². The Morgan fingerprint density at radius 1 is 0.973 bits per heavy atom. The van der Waals surface area contributed by atoms with E-state index in [4.69, 9.17) is 10.1 Å². The van der Waals surface area contributed by atoms with Gasteiger partial charge in [0, 0.05) is 68.9 Å². The van der Waals surface area contributed by atoms with Crippen molar-refractivity contribution >= 4 is 23.0 Å². The van der Waals surface area contributed by atoms with E-state index in [-0.39, 0.29) is 6.04 Å². The first-order valence-corrected chi connectivity index (χ1v) is 13.8. The second-order valence-electron chi connectivity index (χ2n) is 10.9. The molecule has 2 fully saturated rings. The summed E-state index contributed by atoms with van der Waals surface area (Å²) < 4.78 is 2.05. The van der Waals surface area contributed by atoms with Gasteiger partial charge in [0.1, 0.15) is 11.6 Å². The molecule has 2 aromatic heterocycles. The zero-order valence-corrected chi connectivity index (χ0v) is 22.3. The Kier molecular flexibility index (Phi) is 6.31. The van der Waals surface area contributed by atoms with Crippen LogP contribution in [0.2, 0.25) is 0 Å². The highest BCUT2D eigenvalue weighted by molar-refractivity contribution is 5.67. The van der Waals surface area contributed by atoms with Crippen molar-refractivity contribution in [1.82, 2.24) is 24.8 Å². The average molecular weight is 498 g/mol. The number of fused-ring (bicyclic) bond motifs is 4. The predicted molar refractivity (Wildman–Crippen MR) is 152 cm³/mol. The fourth-order valence-corrected chi connectivity index (χ4v) is 5.89. The number of rotatable bonds is 1. The molecule has 5 heterocycles. The first kappa shape index (κ1) is 23.9. The lowest BCUT2D eigenvalue weighted by Gasteiger charge is -2.38. The maximum Gasteiger partial charge on any atom is 0.160 e. The van der Waals surface area contributed by atoms with Crippen LogP contribution < -0.4 is 15.1 Å². The van der Waals surface area contributed by atoms with Crippen LogP contribution in [-0.4, -0.2) is 59.3 Å². The van der Waals surface area contributed by atoms with Crippen LogP contribution in [0.1, 0.15) is 60.5 Å². The molecule has 0 radical (unpaired) electrons. The van der Waals surface area contributed by atoms with Gasteiger partial charge in [-0.15, -0.1) is 0 Å². The number of aromatic nitrogens is 3. The highest BCUT2D eigenvalue weighted by atomic mass is 15.4. The van der Waals surface area contributed by atoms with E-state index in [0.717, 1.165) is 86.4 Å². The largest absolute Gasteiger partial charge is 0.387 e. The van der Waals surface area contributed by atoms with Crippen LogP contribution in [0, 0.1) is 6.92 Å². The van der Waals surface area contributed by atoms with Gasteiger partial charge in [0.05, 0.1) is 11.7 Å². The lowest BCUT2D eigenvalue weighted by atomic mass is 9.93. The van der Waals surface area contributed by atoms with E-state index in [0.29, 0.717) is 0 Å². The first-order chi connectivity index (χ1) is 18.0. The molecule has 194 valence electrons. The molecule has 7 nitrogen and oxygen atoms in total. The van der Waals surface area contributed by atoms with Gasteiger partial charge < -0.3 is 20.0 Å². The number of hydrogen-bond acceptors (Lipinski definition) is 6. The lowest BCUT2D eigenvalue weighted by molar-refractivity contribution is 0.226. The number of allylic oxidation sites excluding steroid dienone is 1. The summed E-state index contributed by atoms with van der Waals surface area (Å²) in [5.41, 5.74) is 8.07. The lowest BCUT2D eigenvalue weighted by Crippen LogP contribution is -2.38. The van der Waals surface area contributed by atoms with Gasteiger partial charge in [-0.3, -0.25) is 0 Å². The van der Waals surface area contributed by atoms with Crippen LogP contribution in [0.25, 0.3) is 11.3 Å². The monoisotopic (exact) mass is 497 g/mol. The van der Waals surface area contributed by atoms with E-state index in [1.54, 1.807) is 0 Å². The Bertz CT molecular complexity index is 1340. The molecule has 1 N–H and O–H groups in total. The van der Waals surface area contributed by atoms with Crippen LogP contribution in [0.5, 0.6) is 0 Å². The average Bonchev–Trinajstić information content (AvgIpc) is 3.29. The van der Waals surface area contributed by atoms with Gasteiger partial charge in [0.15, 0.2) is 5.65 Å². The van der Waals surface area contributed by atoms with Crippen molar-refractivity contribution in [2.75, 3.05) is 49.6 Å². The fourth-order valence-electron chi connectivity index (χ4n) is 5.89. The molecule has 2 bridgehead atoms. The molecular formula is C30H39N7. The van der Waals surface area contributed by atoms with Crippen LogP contribution in [0.4, 0.5) is 11.6 Å². The number of nitrogens with one attached hydrogen (secondary N) is 1. The summed E-state index contributed by atoms with van der Waals surface area (Å²) in [6, 6.07) is 11.4. The van der Waals surface area contributed by atoms with Gasteiger partial charge in [-0.1, -0.05) is 30.9 Å². The smallest absolute Gasteiger partial charge is 0.160 e. The topological polar surface area (TPSA) is 51.9 Å². The Balaban J connectivity index is 1.47. The van der Waals surface area contributed by atoms with E-state index in [1.807, 2.05) is 4.52 Å². The minimum absolute atomic E-state index is 0.200. The normalized spacial score (nSPS) is 21.0.